The van der Waals surface area contributed by atoms with E-state index in [-0.39, 0.29) is 17.0 Å². The second kappa shape index (κ2) is 15.7. The Balaban J connectivity index is 0.000000680. The van der Waals surface area contributed by atoms with Crippen LogP contribution in [0.4, 0.5) is 18.9 Å². The largest absolute Gasteiger partial charge is 0.381 e. The van der Waals surface area contributed by atoms with Crippen molar-refractivity contribution in [2.45, 2.75) is 46.6 Å². The van der Waals surface area contributed by atoms with Crippen LogP contribution in [0.15, 0.2) is 42.5 Å². The number of benzene rings is 2. The summed E-state index contributed by atoms with van der Waals surface area (Å²) in [4.78, 5) is 12.7. The van der Waals surface area contributed by atoms with Crippen molar-refractivity contribution in [2.24, 2.45) is 5.92 Å². The SMILES string of the molecule is CC[C@H](C)CC(=O)N(C)C.CF.Cc1ccccc1CNc1ccc(C#N)c(C(F)F)c1. The van der Waals surface area contributed by atoms with Crippen LogP contribution in [0.5, 0.6) is 0 Å². The van der Waals surface area contributed by atoms with Gasteiger partial charge in [-0.3, -0.25) is 9.18 Å². The molecule has 0 aliphatic carbocycles. The van der Waals surface area contributed by atoms with Crippen LogP contribution >= 0.6 is 0 Å². The van der Waals surface area contributed by atoms with Gasteiger partial charge < -0.3 is 10.2 Å². The lowest BCUT2D eigenvalue weighted by atomic mass is 10.1. The molecule has 0 bridgehead atoms. The number of carbonyl (C=O) groups excluding carboxylic acids is 1. The van der Waals surface area contributed by atoms with Crippen molar-refractivity contribution in [1.29, 1.82) is 5.26 Å². The molecule has 0 unspecified atom stereocenters. The van der Waals surface area contributed by atoms with E-state index in [0.717, 1.165) is 17.5 Å². The minimum absolute atomic E-state index is 0.0152. The van der Waals surface area contributed by atoms with Crippen molar-refractivity contribution in [3.05, 3.63) is 64.7 Å². The lowest BCUT2D eigenvalue weighted by molar-refractivity contribution is -0.129. The fourth-order valence-corrected chi connectivity index (χ4v) is 2.59. The topological polar surface area (TPSA) is 56.1 Å². The molecule has 7 heteroatoms. The number of hydrogen-bond acceptors (Lipinski definition) is 3. The Labute approximate surface area is 190 Å². The van der Waals surface area contributed by atoms with E-state index in [1.807, 2.05) is 31.2 Å². The summed E-state index contributed by atoms with van der Waals surface area (Å²) in [5.74, 6) is 0.754. The first-order valence-electron chi connectivity index (χ1n) is 10.4. The Hall–Kier alpha value is -3.01. The Morgan fingerprint density at radius 2 is 1.78 bits per heavy atom. The average molecular weight is 450 g/mol. The van der Waals surface area contributed by atoms with Gasteiger partial charge in [-0.05, 0) is 42.2 Å². The summed E-state index contributed by atoms with van der Waals surface area (Å²) in [6.45, 7) is 6.76. The van der Waals surface area contributed by atoms with E-state index in [1.54, 1.807) is 31.1 Å². The van der Waals surface area contributed by atoms with E-state index < -0.39 is 6.43 Å². The molecule has 0 aromatic heterocycles. The number of alkyl halides is 3. The molecule has 0 heterocycles. The molecule has 0 saturated heterocycles. The summed E-state index contributed by atoms with van der Waals surface area (Å²) < 4.78 is 35.2. The quantitative estimate of drug-likeness (QED) is 0.524. The Morgan fingerprint density at radius 3 is 2.28 bits per heavy atom. The number of rotatable bonds is 7. The highest BCUT2D eigenvalue weighted by Crippen LogP contribution is 2.26. The summed E-state index contributed by atoms with van der Waals surface area (Å²) >= 11 is 0. The summed E-state index contributed by atoms with van der Waals surface area (Å²) in [6, 6.07) is 14.1. The number of hydrogen-bond donors (Lipinski definition) is 1. The number of nitriles is 1. The van der Waals surface area contributed by atoms with E-state index in [2.05, 4.69) is 19.2 Å². The number of nitrogens with zero attached hydrogens (tertiary/aromatic N) is 2. The van der Waals surface area contributed by atoms with Gasteiger partial charge in [0.2, 0.25) is 5.91 Å². The van der Waals surface area contributed by atoms with Crippen molar-refractivity contribution in [3.63, 3.8) is 0 Å². The van der Waals surface area contributed by atoms with Crippen molar-refractivity contribution in [3.8, 4) is 6.07 Å². The molecule has 2 aromatic rings. The third kappa shape index (κ3) is 10.3. The lowest BCUT2D eigenvalue weighted by Crippen LogP contribution is -2.23. The first-order valence-corrected chi connectivity index (χ1v) is 10.4. The van der Waals surface area contributed by atoms with E-state index >= 15 is 0 Å². The molecule has 1 N–H and O–H groups in total. The normalized spacial score (nSPS) is 10.7. The zero-order valence-corrected chi connectivity index (χ0v) is 19.8. The second-order valence-electron chi connectivity index (χ2n) is 7.50. The fraction of sp³-hybridized carbons (Fsp3) is 0.440. The summed E-state index contributed by atoms with van der Waals surface area (Å²) in [7, 11) is 4.09. The molecule has 0 spiro atoms. The Bertz CT molecular complexity index is 864. The van der Waals surface area contributed by atoms with Gasteiger partial charge >= 0.3 is 0 Å². The fourth-order valence-electron chi connectivity index (χ4n) is 2.59. The van der Waals surface area contributed by atoms with Gasteiger partial charge in [0, 0.05) is 38.3 Å². The molecule has 0 aliphatic rings. The third-order valence-electron chi connectivity index (χ3n) is 4.87. The van der Waals surface area contributed by atoms with Crippen molar-refractivity contribution in [2.75, 3.05) is 26.6 Å². The van der Waals surface area contributed by atoms with Gasteiger partial charge in [0.15, 0.2) is 0 Å². The molecule has 1 amide bonds. The number of nitrogens with one attached hydrogen (secondary N) is 1. The van der Waals surface area contributed by atoms with Gasteiger partial charge in [-0.2, -0.15) is 5.26 Å². The van der Waals surface area contributed by atoms with Crippen LogP contribution in [-0.2, 0) is 11.3 Å². The molecule has 4 nitrogen and oxygen atoms in total. The number of carbonyl (C=O) groups is 1. The van der Waals surface area contributed by atoms with Crippen LogP contribution < -0.4 is 5.32 Å². The monoisotopic (exact) mass is 449 g/mol. The van der Waals surface area contributed by atoms with Crippen molar-refractivity contribution >= 4 is 11.6 Å². The first-order chi connectivity index (χ1) is 15.2. The molecular formula is C25H34F3N3O. The minimum atomic E-state index is -2.65. The Kier molecular flexibility index (Phi) is 14.3. The maximum atomic E-state index is 12.8. The van der Waals surface area contributed by atoms with E-state index in [9.17, 15) is 18.0 Å². The average Bonchev–Trinajstić information content (AvgIpc) is 2.79. The number of aryl methyl sites for hydroxylation is 1. The van der Waals surface area contributed by atoms with Crippen molar-refractivity contribution < 1.29 is 18.0 Å². The number of amides is 1. The zero-order valence-electron chi connectivity index (χ0n) is 19.8. The predicted molar refractivity (Wildman–Crippen MR) is 124 cm³/mol. The summed E-state index contributed by atoms with van der Waals surface area (Å²) in [5.41, 5.74) is 2.62. The standard InChI is InChI=1S/C16H14F2N2.C8H17NO.CH3F/c1-11-4-2-3-5-13(11)10-20-14-7-6-12(9-19)15(8-14)16(17)18;1-5-7(2)6-8(10)9(3)4;1-2/h2-8,16,20H,10H2,1H3;7H,5-6H2,1-4H3;1H3/t;7-;/m.0./s1. The van der Waals surface area contributed by atoms with Crippen LogP contribution in [0.2, 0.25) is 0 Å². The smallest absolute Gasteiger partial charge is 0.265 e. The molecule has 0 fully saturated rings. The van der Waals surface area contributed by atoms with Gasteiger partial charge in [-0.15, -0.1) is 0 Å². The summed E-state index contributed by atoms with van der Waals surface area (Å²) in [5, 5.41) is 11.9. The highest BCUT2D eigenvalue weighted by atomic mass is 19.3. The van der Waals surface area contributed by atoms with E-state index in [4.69, 9.17) is 5.26 Å². The molecule has 2 aromatic carbocycles. The molecule has 0 aliphatic heterocycles. The first kappa shape index (κ1) is 29.0. The van der Waals surface area contributed by atoms with Crippen molar-refractivity contribution in [1.82, 2.24) is 4.90 Å². The molecule has 0 radical (unpaired) electrons. The highest BCUT2D eigenvalue weighted by molar-refractivity contribution is 5.75. The van der Waals surface area contributed by atoms with Crippen LogP contribution in [0, 0.1) is 24.2 Å². The van der Waals surface area contributed by atoms with E-state index in [0.29, 0.717) is 31.7 Å². The molecule has 2 rings (SSSR count). The minimum Gasteiger partial charge on any atom is -0.381 e. The predicted octanol–water partition coefficient (Wildman–Crippen LogP) is 6.51. The van der Waals surface area contributed by atoms with Crippen LogP contribution in [0.25, 0.3) is 0 Å². The van der Waals surface area contributed by atoms with Crippen LogP contribution in [-0.4, -0.2) is 32.1 Å². The zero-order chi connectivity index (χ0) is 24.7. The van der Waals surface area contributed by atoms with Crippen LogP contribution in [0.3, 0.4) is 0 Å². The highest BCUT2D eigenvalue weighted by Gasteiger charge is 2.13. The lowest BCUT2D eigenvalue weighted by Gasteiger charge is -2.12. The Morgan fingerprint density at radius 1 is 1.16 bits per heavy atom. The number of halogens is 3. The van der Waals surface area contributed by atoms with Gasteiger partial charge in [0.1, 0.15) is 0 Å². The van der Waals surface area contributed by atoms with Gasteiger partial charge in [-0.1, -0.05) is 44.5 Å². The van der Waals surface area contributed by atoms with E-state index in [1.165, 1.54) is 12.1 Å². The molecule has 32 heavy (non-hydrogen) atoms. The summed E-state index contributed by atoms with van der Waals surface area (Å²) in [6.07, 6.45) is -0.881. The van der Waals surface area contributed by atoms with Crippen LogP contribution in [0.1, 0.15) is 55.4 Å². The van der Waals surface area contributed by atoms with Gasteiger partial charge in [0.25, 0.3) is 6.43 Å². The maximum absolute atomic E-state index is 12.8. The third-order valence-corrected chi connectivity index (χ3v) is 4.87. The number of anilines is 1. The van der Waals surface area contributed by atoms with Gasteiger partial charge in [0.05, 0.1) is 18.8 Å². The molecule has 176 valence electrons. The maximum Gasteiger partial charge on any atom is 0.265 e. The van der Waals surface area contributed by atoms with Gasteiger partial charge in [-0.25, -0.2) is 8.78 Å². The molecule has 0 saturated carbocycles. The molecular weight excluding hydrogens is 415 g/mol. The molecule has 1 atom stereocenters. The second-order valence-corrected chi connectivity index (χ2v) is 7.50.